The third-order valence-electron chi connectivity index (χ3n) is 12.3. The highest BCUT2D eigenvalue weighted by Crippen LogP contribution is 2.54. The van der Waals surface area contributed by atoms with Crippen molar-refractivity contribution in [2.24, 2.45) is 4.99 Å². The van der Waals surface area contributed by atoms with Crippen LogP contribution in [-0.2, 0) is 6.54 Å². The Morgan fingerprint density at radius 2 is 1.32 bits per heavy atom. The fourth-order valence-corrected chi connectivity index (χ4v) is 9.26. The van der Waals surface area contributed by atoms with Crippen LogP contribution in [0, 0.1) is 0 Å². The number of aliphatic imine (C=N–C) groups is 1. The third-order valence-corrected chi connectivity index (χ3v) is 12.3. The molecule has 1 aromatic heterocycles. The number of nitrogens with one attached hydrogen (secondary N) is 2. The van der Waals surface area contributed by atoms with Crippen LogP contribution in [0.1, 0.15) is 34.6 Å². The summed E-state index contributed by atoms with van der Waals surface area (Å²) < 4.78 is 0. The highest BCUT2D eigenvalue weighted by atomic mass is 15.4. The van der Waals surface area contributed by atoms with Gasteiger partial charge in [-0.3, -0.25) is 15.3 Å². The summed E-state index contributed by atoms with van der Waals surface area (Å²) in [5.41, 5.74) is 11.8. The number of fused-ring (bicyclic) bond motifs is 6. The predicted molar refractivity (Wildman–Crippen MR) is 258 cm³/mol. The van der Waals surface area contributed by atoms with Gasteiger partial charge in [-0.2, -0.15) is 0 Å². The molecular weight excluding hydrogens is 759 g/mol. The maximum absolute atomic E-state index is 5.26. The van der Waals surface area contributed by atoms with Crippen LogP contribution in [0.25, 0.3) is 43.8 Å². The minimum atomic E-state index is -0.0717. The molecule has 0 aliphatic carbocycles. The van der Waals surface area contributed by atoms with Gasteiger partial charge in [-0.25, -0.2) is 0 Å². The molecule has 2 aliphatic rings. The quantitative estimate of drug-likeness (QED) is 0.0621. The summed E-state index contributed by atoms with van der Waals surface area (Å²) in [6.07, 6.45) is 10.3. The fourth-order valence-electron chi connectivity index (χ4n) is 9.26. The standard InChI is InChI=1S/C55H49N7/c1-56-53(44-29-25-41(26-30-44)39-14-6-4-7-15-39)61(3)54(43-16-8-5-9-17-43)59-36-38-21-23-40(24-22-38)42-27-31-45(32-28-42)55-60(2)51-49-37-57-35-33-47(49)46-18-10-11-19-48(46)52(51)62(55)50-20-12-13-34-58-50/h4-33,35,37,53,55-56,58H,34,36H2,1-3H3. The molecule has 2 unspecified atom stereocenters. The lowest BCUT2D eigenvalue weighted by molar-refractivity contribution is 0.331. The minimum absolute atomic E-state index is 0.0631. The first-order valence-electron chi connectivity index (χ1n) is 21.3. The summed E-state index contributed by atoms with van der Waals surface area (Å²) in [4.78, 5) is 17.0. The van der Waals surface area contributed by atoms with Crippen LogP contribution in [0.15, 0.2) is 205 Å². The summed E-state index contributed by atoms with van der Waals surface area (Å²) in [5.74, 6) is 2.01. The summed E-state index contributed by atoms with van der Waals surface area (Å²) in [7, 11) is 6.33. The monoisotopic (exact) mass is 807 g/mol. The van der Waals surface area contributed by atoms with E-state index in [1.165, 1.54) is 60.9 Å². The summed E-state index contributed by atoms with van der Waals surface area (Å²) in [6.45, 7) is 1.34. The van der Waals surface area contributed by atoms with Gasteiger partial charge in [0.25, 0.3) is 0 Å². The van der Waals surface area contributed by atoms with Gasteiger partial charge >= 0.3 is 0 Å². The third kappa shape index (κ3) is 7.16. The van der Waals surface area contributed by atoms with E-state index in [-0.39, 0.29) is 12.3 Å². The highest BCUT2D eigenvalue weighted by molar-refractivity contribution is 6.21. The first-order valence-corrected chi connectivity index (χ1v) is 21.3. The Kier molecular flexibility index (Phi) is 10.5. The Morgan fingerprint density at radius 3 is 2.00 bits per heavy atom. The van der Waals surface area contributed by atoms with Crippen molar-refractivity contribution in [3.8, 4) is 22.3 Å². The van der Waals surface area contributed by atoms with E-state index in [2.05, 4.69) is 226 Å². The van der Waals surface area contributed by atoms with E-state index in [4.69, 9.17) is 4.99 Å². The molecule has 0 spiro atoms. The number of allylic oxidation sites excluding steroid dienone is 2. The number of benzene rings is 7. The molecule has 0 amide bonds. The number of amidine groups is 1. The van der Waals surface area contributed by atoms with Gasteiger partial charge in [-0.15, -0.1) is 0 Å². The largest absolute Gasteiger partial charge is 0.368 e. The molecule has 304 valence electrons. The van der Waals surface area contributed by atoms with Gasteiger partial charge in [0.05, 0.1) is 17.9 Å². The predicted octanol–water partition coefficient (Wildman–Crippen LogP) is 11.5. The summed E-state index contributed by atoms with van der Waals surface area (Å²) in [6, 6.07) is 58.6. The second-order valence-corrected chi connectivity index (χ2v) is 16.0. The average Bonchev–Trinajstić information content (AvgIpc) is 3.66. The number of nitrogens with zero attached hydrogens (tertiary/aromatic N) is 5. The van der Waals surface area contributed by atoms with Crippen molar-refractivity contribution in [2.45, 2.75) is 18.9 Å². The van der Waals surface area contributed by atoms with Crippen LogP contribution < -0.4 is 20.4 Å². The first kappa shape index (κ1) is 38.7. The van der Waals surface area contributed by atoms with E-state index in [0.29, 0.717) is 6.54 Å². The van der Waals surface area contributed by atoms with Crippen molar-refractivity contribution >= 4 is 38.8 Å². The molecule has 2 N–H and O–H groups in total. The zero-order valence-electron chi connectivity index (χ0n) is 35.3. The minimum Gasteiger partial charge on any atom is -0.368 e. The lowest BCUT2D eigenvalue weighted by Crippen LogP contribution is -2.38. The van der Waals surface area contributed by atoms with E-state index < -0.39 is 0 Å². The van der Waals surface area contributed by atoms with Crippen LogP contribution >= 0.6 is 0 Å². The number of anilines is 2. The van der Waals surface area contributed by atoms with E-state index in [9.17, 15) is 0 Å². The number of pyridine rings is 1. The van der Waals surface area contributed by atoms with E-state index in [0.717, 1.165) is 34.7 Å². The molecule has 7 aromatic carbocycles. The van der Waals surface area contributed by atoms with Crippen molar-refractivity contribution in [3.05, 3.63) is 222 Å². The molecule has 8 aromatic rings. The maximum Gasteiger partial charge on any atom is 0.134 e. The van der Waals surface area contributed by atoms with E-state index in [1.54, 1.807) is 0 Å². The Labute approximate surface area is 364 Å². The molecule has 2 atom stereocenters. The SMILES string of the molecule is CNC(c1ccc(-c2ccccc2)cc1)N(C)C(=NCc1ccc(-c2ccc(C3N(C)c4c(c5ccccc5c5ccncc45)N3C3=CC=CCN3)cc2)cc1)c1ccccc1. The number of aromatic nitrogens is 1. The van der Waals surface area contributed by atoms with Crippen molar-refractivity contribution in [3.63, 3.8) is 0 Å². The van der Waals surface area contributed by atoms with Crippen molar-refractivity contribution < 1.29 is 0 Å². The van der Waals surface area contributed by atoms with E-state index >= 15 is 0 Å². The van der Waals surface area contributed by atoms with Crippen LogP contribution in [0.3, 0.4) is 0 Å². The molecule has 2 aliphatic heterocycles. The van der Waals surface area contributed by atoms with Gasteiger partial charge in [0, 0.05) is 49.4 Å². The molecule has 7 nitrogen and oxygen atoms in total. The van der Waals surface area contributed by atoms with Gasteiger partial charge < -0.3 is 20.0 Å². The molecule has 0 saturated heterocycles. The maximum atomic E-state index is 5.26. The Hall–Kier alpha value is -7.48. The lowest BCUT2D eigenvalue weighted by Gasteiger charge is -2.34. The summed E-state index contributed by atoms with van der Waals surface area (Å²) >= 11 is 0. The van der Waals surface area contributed by atoms with Gasteiger partial charge in [0.15, 0.2) is 0 Å². The number of rotatable bonds is 10. The van der Waals surface area contributed by atoms with Crippen LogP contribution in [0.2, 0.25) is 0 Å². The van der Waals surface area contributed by atoms with Crippen molar-refractivity contribution in [1.82, 2.24) is 20.5 Å². The molecule has 0 bridgehead atoms. The molecule has 0 fully saturated rings. The molecule has 62 heavy (non-hydrogen) atoms. The van der Waals surface area contributed by atoms with Gasteiger partial charge in [0.2, 0.25) is 0 Å². The Balaban J connectivity index is 0.915. The average molecular weight is 808 g/mol. The zero-order valence-corrected chi connectivity index (χ0v) is 35.3. The molecular formula is C55H49N7. The highest BCUT2D eigenvalue weighted by Gasteiger charge is 2.40. The molecule has 7 heteroatoms. The van der Waals surface area contributed by atoms with Crippen LogP contribution in [-0.4, -0.2) is 43.4 Å². The molecule has 0 radical (unpaired) electrons. The van der Waals surface area contributed by atoms with Gasteiger partial charge in [-0.1, -0.05) is 170 Å². The number of dihydropyridines is 1. The molecule has 10 rings (SSSR count). The zero-order chi connectivity index (χ0) is 42.0. The van der Waals surface area contributed by atoms with Crippen molar-refractivity contribution in [2.75, 3.05) is 37.5 Å². The number of hydrogen-bond donors (Lipinski definition) is 2. The molecule has 0 saturated carbocycles. The second-order valence-electron chi connectivity index (χ2n) is 16.0. The lowest BCUT2D eigenvalue weighted by atomic mass is 9.99. The van der Waals surface area contributed by atoms with Gasteiger partial charge in [0.1, 0.15) is 24.0 Å². The van der Waals surface area contributed by atoms with Crippen LogP contribution in [0.5, 0.6) is 0 Å². The normalized spacial score (nSPS) is 15.4. The van der Waals surface area contributed by atoms with Crippen molar-refractivity contribution in [1.29, 1.82) is 0 Å². The Bertz CT molecular complexity index is 2940. The van der Waals surface area contributed by atoms with E-state index in [1.807, 2.05) is 19.4 Å². The summed E-state index contributed by atoms with van der Waals surface area (Å²) in [5, 5.41) is 12.0. The smallest absolute Gasteiger partial charge is 0.134 e. The second kappa shape index (κ2) is 16.9. The van der Waals surface area contributed by atoms with Crippen LogP contribution in [0.4, 0.5) is 11.4 Å². The molecule has 3 heterocycles. The fraction of sp³-hybridized carbons (Fsp3) is 0.127. The van der Waals surface area contributed by atoms with Gasteiger partial charge in [-0.05, 0) is 68.9 Å². The first-order chi connectivity index (χ1) is 30.6. The Morgan fingerprint density at radius 1 is 0.710 bits per heavy atom. The number of hydrogen-bond acceptors (Lipinski definition) is 6. The topological polar surface area (TPSA) is 59.0 Å².